The molecule has 0 saturated heterocycles. The van der Waals surface area contributed by atoms with Crippen molar-refractivity contribution in [2.24, 2.45) is 0 Å². The SMILES string of the molecule is C/C=C/c1ccc2c(c1)CCC(c1ccc3cc(CCC)ccc3c1F)C2. The lowest BCUT2D eigenvalue weighted by Gasteiger charge is -2.26. The lowest BCUT2D eigenvalue weighted by molar-refractivity contribution is 0.539. The Balaban J connectivity index is 1.65. The molecule has 1 aliphatic rings. The third-order valence-corrected chi connectivity index (χ3v) is 5.84. The van der Waals surface area contributed by atoms with Crippen LogP contribution in [0.5, 0.6) is 0 Å². The maximum atomic E-state index is 15.3. The first-order chi connectivity index (χ1) is 13.2. The summed E-state index contributed by atoms with van der Waals surface area (Å²) >= 11 is 0. The van der Waals surface area contributed by atoms with Gasteiger partial charge in [0.25, 0.3) is 0 Å². The van der Waals surface area contributed by atoms with Gasteiger partial charge in [0.1, 0.15) is 5.82 Å². The van der Waals surface area contributed by atoms with Crippen LogP contribution < -0.4 is 0 Å². The second kappa shape index (κ2) is 7.68. The van der Waals surface area contributed by atoms with Crippen LogP contribution in [-0.4, -0.2) is 0 Å². The Morgan fingerprint density at radius 1 is 1.04 bits per heavy atom. The zero-order chi connectivity index (χ0) is 18.8. The molecule has 0 aromatic heterocycles. The van der Waals surface area contributed by atoms with Crippen molar-refractivity contribution in [2.45, 2.75) is 51.9 Å². The average Bonchev–Trinajstić information content (AvgIpc) is 2.68. The van der Waals surface area contributed by atoms with Gasteiger partial charge in [0.05, 0.1) is 0 Å². The van der Waals surface area contributed by atoms with Crippen LogP contribution in [0.4, 0.5) is 4.39 Å². The molecule has 4 rings (SSSR count). The number of benzene rings is 3. The fraction of sp³-hybridized carbons (Fsp3) is 0.308. The second-order valence-electron chi connectivity index (χ2n) is 7.74. The summed E-state index contributed by atoms with van der Waals surface area (Å²) in [6.45, 7) is 4.22. The lowest BCUT2D eigenvalue weighted by atomic mass is 9.79. The van der Waals surface area contributed by atoms with Crippen molar-refractivity contribution in [3.8, 4) is 0 Å². The summed E-state index contributed by atoms with van der Waals surface area (Å²) in [5, 5.41) is 1.79. The average molecular weight is 359 g/mol. The van der Waals surface area contributed by atoms with Gasteiger partial charge in [-0.1, -0.05) is 74.0 Å². The number of rotatable bonds is 4. The molecule has 0 amide bonds. The summed E-state index contributed by atoms with van der Waals surface area (Å²) in [5.74, 6) is 0.249. The van der Waals surface area contributed by atoms with Gasteiger partial charge in [0.2, 0.25) is 0 Å². The van der Waals surface area contributed by atoms with Gasteiger partial charge in [-0.05, 0) is 71.7 Å². The number of allylic oxidation sites excluding steroid dienone is 1. The summed E-state index contributed by atoms with van der Waals surface area (Å²) in [6.07, 6.45) is 9.35. The minimum atomic E-state index is -0.0189. The van der Waals surface area contributed by atoms with Crippen molar-refractivity contribution >= 4 is 16.8 Å². The Kier molecular flexibility index (Phi) is 5.11. The molecule has 1 unspecified atom stereocenters. The zero-order valence-electron chi connectivity index (χ0n) is 16.3. The molecule has 3 aromatic carbocycles. The van der Waals surface area contributed by atoms with Crippen LogP contribution in [0.3, 0.4) is 0 Å². The van der Waals surface area contributed by atoms with E-state index in [1.54, 1.807) is 0 Å². The molecule has 0 spiro atoms. The van der Waals surface area contributed by atoms with Crippen LogP contribution >= 0.6 is 0 Å². The Bertz CT molecular complexity index is 997. The molecule has 3 aromatic rings. The van der Waals surface area contributed by atoms with E-state index >= 15 is 4.39 Å². The summed E-state index contributed by atoms with van der Waals surface area (Å²) in [5.41, 5.74) is 6.23. The van der Waals surface area contributed by atoms with E-state index in [4.69, 9.17) is 0 Å². The van der Waals surface area contributed by atoms with Crippen molar-refractivity contribution < 1.29 is 4.39 Å². The molecule has 0 N–H and O–H groups in total. The van der Waals surface area contributed by atoms with Gasteiger partial charge >= 0.3 is 0 Å². The molecule has 138 valence electrons. The first-order valence-electron chi connectivity index (χ1n) is 10.1. The number of hydrogen-bond donors (Lipinski definition) is 0. The quantitative estimate of drug-likeness (QED) is 0.461. The summed E-state index contributed by atoms with van der Waals surface area (Å²) in [4.78, 5) is 0. The topological polar surface area (TPSA) is 0 Å². The summed E-state index contributed by atoms with van der Waals surface area (Å²) < 4.78 is 15.3. The number of hydrogen-bond acceptors (Lipinski definition) is 0. The molecule has 0 bridgehead atoms. The monoisotopic (exact) mass is 358 g/mol. The van der Waals surface area contributed by atoms with E-state index in [1.807, 2.05) is 19.1 Å². The standard InChI is InChI=1S/C26H27F/c1-3-5-18-7-9-21-17-23(11-10-20(21)15-18)25-14-12-22-16-19(6-4-2)8-13-24(22)26(25)27/h3,5,7-9,12-16,23H,4,6,10-11,17H2,1-2H3/b5-3+. The van der Waals surface area contributed by atoms with Crippen LogP contribution in [-0.2, 0) is 19.3 Å². The van der Waals surface area contributed by atoms with Gasteiger partial charge in [-0.2, -0.15) is 0 Å². The molecule has 0 nitrogen and oxygen atoms in total. The maximum Gasteiger partial charge on any atom is 0.134 e. The Labute approximate surface area is 161 Å². The van der Waals surface area contributed by atoms with E-state index in [9.17, 15) is 0 Å². The third-order valence-electron chi connectivity index (χ3n) is 5.84. The molecule has 1 atom stereocenters. The van der Waals surface area contributed by atoms with Crippen LogP contribution in [0, 0.1) is 5.82 Å². The highest BCUT2D eigenvalue weighted by Crippen LogP contribution is 2.36. The number of halogens is 1. The van der Waals surface area contributed by atoms with E-state index in [1.165, 1.54) is 22.3 Å². The molecular weight excluding hydrogens is 331 g/mol. The van der Waals surface area contributed by atoms with Crippen molar-refractivity contribution in [1.82, 2.24) is 0 Å². The summed E-state index contributed by atoms with van der Waals surface area (Å²) in [6, 6.07) is 17.0. The van der Waals surface area contributed by atoms with Crippen molar-refractivity contribution in [3.63, 3.8) is 0 Å². The summed E-state index contributed by atoms with van der Waals surface area (Å²) in [7, 11) is 0. The third kappa shape index (κ3) is 3.56. The van der Waals surface area contributed by atoms with E-state index in [-0.39, 0.29) is 11.7 Å². The Hall–Kier alpha value is -2.41. The van der Waals surface area contributed by atoms with Crippen molar-refractivity contribution in [1.29, 1.82) is 0 Å². The first kappa shape index (κ1) is 18.0. The van der Waals surface area contributed by atoms with Crippen molar-refractivity contribution in [2.75, 3.05) is 0 Å². The molecule has 1 heteroatoms. The highest BCUT2D eigenvalue weighted by Gasteiger charge is 2.23. The normalized spacial score (nSPS) is 16.8. The minimum absolute atomic E-state index is 0.0189. The molecule has 0 fully saturated rings. The number of fused-ring (bicyclic) bond motifs is 2. The van der Waals surface area contributed by atoms with Gasteiger partial charge in [-0.15, -0.1) is 0 Å². The van der Waals surface area contributed by atoms with E-state index < -0.39 is 0 Å². The predicted octanol–water partition coefficient (Wildman–Crippen LogP) is 7.24. The second-order valence-corrected chi connectivity index (χ2v) is 7.74. The molecule has 0 radical (unpaired) electrons. The highest BCUT2D eigenvalue weighted by atomic mass is 19.1. The smallest absolute Gasteiger partial charge is 0.134 e. The van der Waals surface area contributed by atoms with E-state index in [0.717, 1.165) is 48.4 Å². The largest absolute Gasteiger partial charge is 0.206 e. The Morgan fingerprint density at radius 2 is 1.93 bits per heavy atom. The van der Waals surface area contributed by atoms with Gasteiger partial charge < -0.3 is 0 Å². The first-order valence-corrected chi connectivity index (χ1v) is 10.1. The molecule has 1 aliphatic carbocycles. The molecule has 0 saturated carbocycles. The highest BCUT2D eigenvalue weighted by molar-refractivity contribution is 5.84. The van der Waals surface area contributed by atoms with Crippen LogP contribution in [0.25, 0.3) is 16.8 Å². The zero-order valence-corrected chi connectivity index (χ0v) is 16.3. The van der Waals surface area contributed by atoms with E-state index in [0.29, 0.717) is 0 Å². The lowest BCUT2D eigenvalue weighted by Crippen LogP contribution is -2.14. The van der Waals surface area contributed by atoms with Gasteiger partial charge in [0, 0.05) is 5.39 Å². The maximum absolute atomic E-state index is 15.3. The van der Waals surface area contributed by atoms with Gasteiger partial charge in [-0.3, -0.25) is 0 Å². The fourth-order valence-electron chi connectivity index (χ4n) is 4.45. The van der Waals surface area contributed by atoms with Crippen molar-refractivity contribution in [3.05, 3.63) is 88.2 Å². The molecular formula is C26H27F. The predicted molar refractivity (Wildman–Crippen MR) is 114 cm³/mol. The molecule has 27 heavy (non-hydrogen) atoms. The number of aryl methyl sites for hydroxylation is 2. The van der Waals surface area contributed by atoms with Crippen LogP contribution in [0.1, 0.15) is 60.4 Å². The van der Waals surface area contributed by atoms with Gasteiger partial charge in [0.15, 0.2) is 0 Å². The molecule has 0 heterocycles. The minimum Gasteiger partial charge on any atom is -0.206 e. The van der Waals surface area contributed by atoms with E-state index in [2.05, 4.69) is 55.5 Å². The Morgan fingerprint density at radius 3 is 2.74 bits per heavy atom. The van der Waals surface area contributed by atoms with Crippen LogP contribution in [0.2, 0.25) is 0 Å². The fourth-order valence-corrected chi connectivity index (χ4v) is 4.45. The van der Waals surface area contributed by atoms with Gasteiger partial charge in [-0.25, -0.2) is 4.39 Å². The van der Waals surface area contributed by atoms with Crippen LogP contribution in [0.15, 0.2) is 54.6 Å². The molecule has 0 aliphatic heterocycles.